The number of aromatic carboxylic acids is 1. The van der Waals surface area contributed by atoms with Gasteiger partial charge in [-0.25, -0.2) is 27.3 Å². The van der Waals surface area contributed by atoms with Gasteiger partial charge in [-0.15, -0.1) is 0 Å². The van der Waals surface area contributed by atoms with Gasteiger partial charge in [-0.05, 0) is 18.2 Å². The highest BCUT2D eigenvalue weighted by atomic mass is 35.5. The number of halogens is 8. The predicted octanol–water partition coefficient (Wildman–Crippen LogP) is 5.33. The molecule has 0 fully saturated rings. The Hall–Kier alpha value is -2.36. The number of hydrogen-bond donors (Lipinski definition) is 1. The van der Waals surface area contributed by atoms with Gasteiger partial charge < -0.3 is 5.11 Å². The van der Waals surface area contributed by atoms with Gasteiger partial charge in [-0.1, -0.05) is 11.6 Å². The lowest BCUT2D eigenvalue weighted by molar-refractivity contribution is -0.139. The minimum Gasteiger partial charge on any atom is -0.476 e. The normalized spacial score (nSPS) is 11.9. The number of alkyl halides is 5. The summed E-state index contributed by atoms with van der Waals surface area (Å²) in [7, 11) is 0. The molecule has 1 heterocycles. The molecular formula is C14H5ClF7NO2. The molecule has 3 nitrogen and oxygen atoms in total. The summed E-state index contributed by atoms with van der Waals surface area (Å²) in [6.07, 6.45) is -9.13. The molecule has 134 valence electrons. The number of benzene rings is 1. The Morgan fingerprint density at radius 1 is 1.20 bits per heavy atom. The molecule has 0 aliphatic rings. The maximum absolute atomic E-state index is 14.2. The molecule has 0 saturated heterocycles. The fourth-order valence-corrected chi connectivity index (χ4v) is 2.26. The largest absolute Gasteiger partial charge is 0.476 e. The van der Waals surface area contributed by atoms with Crippen molar-refractivity contribution in [3.8, 4) is 11.3 Å². The average molecular weight is 388 g/mol. The van der Waals surface area contributed by atoms with Gasteiger partial charge in [0.15, 0.2) is 11.5 Å². The standard InChI is InChI=1S/C14H5ClF7NO2/c15-6-3-7(16)10(23-11(6)13(24)25)4-1-2-5(14(20,21)22)8(9(4)17)12(18)19/h1-3,12H,(H,24,25). The molecule has 25 heavy (non-hydrogen) atoms. The molecule has 1 N–H and O–H groups in total. The molecule has 2 rings (SSSR count). The van der Waals surface area contributed by atoms with Crippen molar-refractivity contribution in [2.24, 2.45) is 0 Å². The number of aromatic nitrogens is 1. The van der Waals surface area contributed by atoms with Gasteiger partial charge in [0.25, 0.3) is 6.43 Å². The SMILES string of the molecule is O=C(O)c1nc(-c2ccc(C(F)(F)F)c(C(F)F)c2F)c(F)cc1Cl. The maximum Gasteiger partial charge on any atom is 0.416 e. The topological polar surface area (TPSA) is 50.2 Å². The van der Waals surface area contributed by atoms with Crippen LogP contribution in [0.3, 0.4) is 0 Å². The summed E-state index contributed by atoms with van der Waals surface area (Å²) in [5.74, 6) is -5.18. The smallest absolute Gasteiger partial charge is 0.416 e. The molecule has 11 heteroatoms. The molecule has 0 saturated carbocycles. The van der Waals surface area contributed by atoms with Crippen molar-refractivity contribution >= 4 is 17.6 Å². The van der Waals surface area contributed by atoms with E-state index in [4.69, 9.17) is 16.7 Å². The summed E-state index contributed by atoms with van der Waals surface area (Å²) in [6, 6.07) is 0.956. The van der Waals surface area contributed by atoms with Crippen LogP contribution >= 0.6 is 11.6 Å². The monoisotopic (exact) mass is 387 g/mol. The molecule has 1 aromatic heterocycles. The molecule has 1 aromatic carbocycles. The van der Waals surface area contributed by atoms with Crippen molar-refractivity contribution in [2.45, 2.75) is 12.6 Å². The summed E-state index contributed by atoms with van der Waals surface area (Å²) in [6.45, 7) is 0. The van der Waals surface area contributed by atoms with E-state index in [1.807, 2.05) is 0 Å². The van der Waals surface area contributed by atoms with E-state index in [1.165, 1.54) is 0 Å². The van der Waals surface area contributed by atoms with Crippen molar-refractivity contribution in [1.29, 1.82) is 0 Å². The van der Waals surface area contributed by atoms with Gasteiger partial charge in [0, 0.05) is 5.56 Å². The van der Waals surface area contributed by atoms with Crippen molar-refractivity contribution in [1.82, 2.24) is 4.98 Å². The first kappa shape index (κ1) is 19.0. The minimum absolute atomic E-state index is 0.135. The highest BCUT2D eigenvalue weighted by molar-refractivity contribution is 6.33. The third-order valence-electron chi connectivity index (χ3n) is 3.09. The van der Waals surface area contributed by atoms with E-state index in [0.717, 1.165) is 0 Å². The number of hydrogen-bond acceptors (Lipinski definition) is 2. The quantitative estimate of drug-likeness (QED) is 0.724. The molecule has 0 unspecified atom stereocenters. The third-order valence-corrected chi connectivity index (χ3v) is 3.38. The number of carbonyl (C=O) groups is 1. The number of pyridine rings is 1. The van der Waals surface area contributed by atoms with Crippen LogP contribution in [0, 0.1) is 11.6 Å². The van der Waals surface area contributed by atoms with E-state index in [-0.39, 0.29) is 6.07 Å². The lowest BCUT2D eigenvalue weighted by Crippen LogP contribution is -2.13. The van der Waals surface area contributed by atoms with E-state index < -0.39 is 63.3 Å². The van der Waals surface area contributed by atoms with Crippen LogP contribution in [0.1, 0.15) is 28.0 Å². The zero-order valence-electron chi connectivity index (χ0n) is 11.6. The Labute approximate surface area is 139 Å². The number of carboxylic acid groups (broad SMARTS) is 1. The zero-order chi connectivity index (χ0) is 19.1. The first-order chi connectivity index (χ1) is 11.4. The summed E-state index contributed by atoms with van der Waals surface area (Å²) >= 11 is 5.44. The molecule has 0 spiro atoms. The number of carboxylic acids is 1. The lowest BCUT2D eigenvalue weighted by atomic mass is 10.00. The van der Waals surface area contributed by atoms with Gasteiger partial charge in [0.1, 0.15) is 11.5 Å². The van der Waals surface area contributed by atoms with Crippen LogP contribution in [-0.4, -0.2) is 16.1 Å². The average Bonchev–Trinajstić information content (AvgIpc) is 2.45. The number of rotatable bonds is 3. The molecule has 2 aromatic rings. The molecule has 0 bridgehead atoms. The second-order valence-corrected chi connectivity index (χ2v) is 5.05. The van der Waals surface area contributed by atoms with E-state index in [9.17, 15) is 35.5 Å². The first-order valence-electron chi connectivity index (χ1n) is 6.22. The molecular weight excluding hydrogens is 383 g/mol. The Morgan fingerprint density at radius 3 is 2.28 bits per heavy atom. The molecule has 0 aliphatic heterocycles. The fraction of sp³-hybridized carbons (Fsp3) is 0.143. The van der Waals surface area contributed by atoms with Crippen LogP contribution < -0.4 is 0 Å². The minimum atomic E-state index is -5.27. The van der Waals surface area contributed by atoms with Gasteiger partial charge in [-0.3, -0.25) is 0 Å². The summed E-state index contributed by atoms with van der Waals surface area (Å²) in [4.78, 5) is 14.2. The van der Waals surface area contributed by atoms with Gasteiger partial charge >= 0.3 is 12.1 Å². The molecule has 0 aliphatic carbocycles. The van der Waals surface area contributed by atoms with Crippen LogP contribution in [0.15, 0.2) is 18.2 Å². The van der Waals surface area contributed by atoms with Crippen LogP contribution in [0.5, 0.6) is 0 Å². The van der Waals surface area contributed by atoms with Gasteiger partial charge in [0.2, 0.25) is 0 Å². The molecule has 0 amide bonds. The fourth-order valence-electron chi connectivity index (χ4n) is 2.04. The third kappa shape index (κ3) is 3.53. The Balaban J connectivity index is 2.80. The Bertz CT molecular complexity index is 852. The number of nitrogens with zero attached hydrogens (tertiary/aromatic N) is 1. The van der Waals surface area contributed by atoms with Crippen LogP contribution in [0.25, 0.3) is 11.3 Å². The van der Waals surface area contributed by atoms with Crippen LogP contribution in [-0.2, 0) is 6.18 Å². The van der Waals surface area contributed by atoms with E-state index in [1.54, 1.807) is 0 Å². The molecule has 0 radical (unpaired) electrons. The van der Waals surface area contributed by atoms with Crippen molar-refractivity contribution < 1.29 is 40.6 Å². The first-order valence-corrected chi connectivity index (χ1v) is 6.60. The van der Waals surface area contributed by atoms with E-state index in [2.05, 4.69) is 4.98 Å². The Morgan fingerprint density at radius 2 is 1.80 bits per heavy atom. The zero-order valence-corrected chi connectivity index (χ0v) is 12.4. The summed E-state index contributed by atoms with van der Waals surface area (Å²) in [5, 5.41) is 8.20. The van der Waals surface area contributed by atoms with E-state index in [0.29, 0.717) is 12.1 Å². The highest BCUT2D eigenvalue weighted by Gasteiger charge is 2.38. The molecule has 0 atom stereocenters. The highest BCUT2D eigenvalue weighted by Crippen LogP contribution is 2.41. The maximum atomic E-state index is 14.2. The Kier molecular flexibility index (Phi) is 4.94. The van der Waals surface area contributed by atoms with Crippen LogP contribution in [0.4, 0.5) is 30.7 Å². The van der Waals surface area contributed by atoms with Gasteiger partial charge in [0.05, 0.1) is 16.1 Å². The predicted molar refractivity (Wildman–Crippen MR) is 71.5 cm³/mol. The van der Waals surface area contributed by atoms with Crippen LogP contribution in [0.2, 0.25) is 5.02 Å². The second-order valence-electron chi connectivity index (χ2n) is 4.64. The van der Waals surface area contributed by atoms with E-state index >= 15 is 0 Å². The van der Waals surface area contributed by atoms with Crippen molar-refractivity contribution in [3.63, 3.8) is 0 Å². The van der Waals surface area contributed by atoms with Gasteiger partial charge in [-0.2, -0.15) is 13.2 Å². The summed E-state index contributed by atoms with van der Waals surface area (Å²) < 4.78 is 92.2. The summed E-state index contributed by atoms with van der Waals surface area (Å²) in [5.41, 5.74) is -6.96. The lowest BCUT2D eigenvalue weighted by Gasteiger charge is -2.16. The van der Waals surface area contributed by atoms with Crippen molar-refractivity contribution in [3.05, 3.63) is 51.7 Å². The second kappa shape index (κ2) is 6.51. The van der Waals surface area contributed by atoms with Crippen molar-refractivity contribution in [2.75, 3.05) is 0 Å².